The fraction of sp³-hybridized carbons (Fsp3) is 0.357. The van der Waals surface area contributed by atoms with Gasteiger partial charge in [0.05, 0.1) is 22.4 Å². The molecule has 0 atom stereocenters. The summed E-state index contributed by atoms with van der Waals surface area (Å²) in [6, 6.07) is 3.94. The first-order valence-electron chi connectivity index (χ1n) is 6.08. The molecule has 0 fully saturated rings. The topological polar surface area (TPSA) is 17.8 Å². The van der Waals surface area contributed by atoms with E-state index in [1.165, 1.54) is 0 Å². The summed E-state index contributed by atoms with van der Waals surface area (Å²) in [5.74, 6) is 3.20. The summed E-state index contributed by atoms with van der Waals surface area (Å²) in [4.78, 5) is 4.38. The highest BCUT2D eigenvalue weighted by Gasteiger charge is 2.09. The zero-order valence-electron chi connectivity index (χ0n) is 11.2. The van der Waals surface area contributed by atoms with Gasteiger partial charge in [-0.1, -0.05) is 37.2 Å². The second kappa shape index (κ2) is 4.79. The minimum atomic E-state index is -1.38. The van der Waals surface area contributed by atoms with Crippen molar-refractivity contribution in [3.63, 3.8) is 0 Å². The quantitative estimate of drug-likeness (QED) is 0.570. The molecule has 0 spiro atoms. The van der Waals surface area contributed by atoms with Crippen LogP contribution in [0.5, 0.6) is 0 Å². The van der Waals surface area contributed by atoms with Gasteiger partial charge >= 0.3 is 0 Å². The Kier molecular flexibility index (Phi) is 3.51. The van der Waals surface area contributed by atoms with Crippen molar-refractivity contribution in [2.45, 2.75) is 33.1 Å². The first kappa shape index (κ1) is 13.2. The second-order valence-electron chi connectivity index (χ2n) is 5.35. The summed E-state index contributed by atoms with van der Waals surface area (Å²) in [6.45, 7) is 9.65. The predicted octanol–water partition coefficient (Wildman–Crippen LogP) is 3.94. The van der Waals surface area contributed by atoms with Gasteiger partial charge in [-0.2, -0.15) is 0 Å². The molecule has 0 saturated carbocycles. The molecule has 1 aromatic carbocycles. The molecule has 0 unspecified atom stereocenters. The van der Waals surface area contributed by atoms with Gasteiger partial charge in [0.25, 0.3) is 0 Å². The molecule has 0 aliphatic rings. The van der Waals surface area contributed by atoms with E-state index in [1.54, 1.807) is 0 Å². The molecular formula is C14H17ClN2Si. The van der Waals surface area contributed by atoms with E-state index in [1.807, 2.05) is 18.5 Å². The number of hydrogen-bond acceptors (Lipinski definition) is 1. The lowest BCUT2D eigenvalue weighted by atomic mass is 10.2. The van der Waals surface area contributed by atoms with E-state index >= 15 is 0 Å². The third kappa shape index (κ3) is 2.77. The summed E-state index contributed by atoms with van der Waals surface area (Å²) in [5, 5.41) is 0.712. The summed E-state index contributed by atoms with van der Waals surface area (Å²) < 4.78 is 2.08. The van der Waals surface area contributed by atoms with Crippen LogP contribution in [0.2, 0.25) is 24.7 Å². The maximum atomic E-state index is 6.29. The van der Waals surface area contributed by atoms with Crippen molar-refractivity contribution in [3.05, 3.63) is 29.0 Å². The Bertz CT molecular complexity index is 641. The van der Waals surface area contributed by atoms with E-state index in [0.29, 0.717) is 5.02 Å². The van der Waals surface area contributed by atoms with E-state index in [2.05, 4.69) is 47.6 Å². The second-order valence-corrected chi connectivity index (χ2v) is 10.5. The van der Waals surface area contributed by atoms with Gasteiger partial charge in [0.2, 0.25) is 0 Å². The summed E-state index contributed by atoms with van der Waals surface area (Å²) >= 11 is 6.29. The number of rotatable bonds is 1. The summed E-state index contributed by atoms with van der Waals surface area (Å²) in [5.41, 5.74) is 6.25. The van der Waals surface area contributed by atoms with E-state index in [0.717, 1.165) is 23.1 Å². The molecule has 2 nitrogen and oxygen atoms in total. The zero-order valence-corrected chi connectivity index (χ0v) is 13.0. The Hall–Kier alpha value is -1.24. The molecule has 0 bridgehead atoms. The van der Waals surface area contributed by atoms with Gasteiger partial charge < -0.3 is 4.57 Å². The highest BCUT2D eigenvalue weighted by atomic mass is 35.5. The number of aryl methyl sites for hydroxylation is 1. The first-order valence-corrected chi connectivity index (χ1v) is 9.96. The number of fused-ring (bicyclic) bond motifs is 1. The van der Waals surface area contributed by atoms with E-state index < -0.39 is 8.07 Å². The lowest BCUT2D eigenvalue weighted by molar-refractivity contribution is 0.787. The fourth-order valence-corrected chi connectivity index (χ4v) is 2.40. The summed E-state index contributed by atoms with van der Waals surface area (Å²) in [7, 11) is -1.38. The van der Waals surface area contributed by atoms with Gasteiger partial charge in [-0.3, -0.25) is 0 Å². The number of benzene rings is 1. The molecule has 2 rings (SSSR count). The summed E-state index contributed by atoms with van der Waals surface area (Å²) in [6.07, 6.45) is 1.84. The van der Waals surface area contributed by atoms with Crippen LogP contribution in [-0.2, 0) is 6.54 Å². The predicted molar refractivity (Wildman–Crippen MR) is 80.6 cm³/mol. The van der Waals surface area contributed by atoms with Crippen molar-refractivity contribution in [1.82, 2.24) is 9.55 Å². The Balaban J connectivity index is 2.53. The normalized spacial score (nSPS) is 11.4. The average molecular weight is 277 g/mol. The van der Waals surface area contributed by atoms with Gasteiger partial charge in [0.15, 0.2) is 0 Å². The van der Waals surface area contributed by atoms with Crippen LogP contribution in [0.15, 0.2) is 18.5 Å². The van der Waals surface area contributed by atoms with Crippen molar-refractivity contribution in [2.75, 3.05) is 0 Å². The Labute approximate surface area is 114 Å². The number of nitrogens with zero attached hydrogens (tertiary/aromatic N) is 2. The van der Waals surface area contributed by atoms with Gasteiger partial charge in [0.1, 0.15) is 8.07 Å². The lowest BCUT2D eigenvalue weighted by Gasteiger charge is -2.04. The standard InChI is InChI=1S/C14H17ClN2Si/c1-5-17-10-16-13-8-11(6-7-18(2,3)4)12(15)9-14(13)17/h8-10H,5H2,1-4H3. The minimum Gasteiger partial charge on any atom is -0.331 e. The van der Waals surface area contributed by atoms with Gasteiger partial charge in [-0.15, -0.1) is 5.54 Å². The third-order valence-electron chi connectivity index (χ3n) is 2.62. The highest BCUT2D eigenvalue weighted by molar-refractivity contribution is 6.83. The van der Waals surface area contributed by atoms with E-state index in [4.69, 9.17) is 11.6 Å². The first-order chi connectivity index (χ1) is 8.40. The van der Waals surface area contributed by atoms with Crippen LogP contribution in [0.4, 0.5) is 0 Å². The molecule has 1 aromatic heterocycles. The molecule has 0 aliphatic carbocycles. The molecule has 0 saturated heterocycles. The van der Waals surface area contributed by atoms with Crippen molar-refractivity contribution in [3.8, 4) is 11.5 Å². The molecule has 2 aromatic rings. The van der Waals surface area contributed by atoms with Crippen molar-refractivity contribution < 1.29 is 0 Å². The van der Waals surface area contributed by atoms with Gasteiger partial charge in [-0.25, -0.2) is 4.98 Å². The largest absolute Gasteiger partial charge is 0.331 e. The van der Waals surface area contributed by atoms with Gasteiger partial charge in [0, 0.05) is 12.1 Å². The van der Waals surface area contributed by atoms with E-state index in [9.17, 15) is 0 Å². The van der Waals surface area contributed by atoms with Crippen LogP contribution >= 0.6 is 11.6 Å². The maximum Gasteiger partial charge on any atom is 0.129 e. The molecule has 0 aliphatic heterocycles. The van der Waals surface area contributed by atoms with Crippen molar-refractivity contribution in [2.24, 2.45) is 0 Å². The Morgan fingerprint density at radius 1 is 1.33 bits per heavy atom. The lowest BCUT2D eigenvalue weighted by Crippen LogP contribution is -2.16. The number of hydrogen-bond donors (Lipinski definition) is 0. The number of imidazole rings is 1. The Morgan fingerprint density at radius 3 is 2.67 bits per heavy atom. The highest BCUT2D eigenvalue weighted by Crippen LogP contribution is 2.23. The number of aromatic nitrogens is 2. The fourth-order valence-electron chi connectivity index (χ4n) is 1.68. The molecule has 0 N–H and O–H groups in total. The molecule has 4 heteroatoms. The van der Waals surface area contributed by atoms with Gasteiger partial charge in [-0.05, 0) is 19.1 Å². The van der Waals surface area contributed by atoms with Crippen LogP contribution in [0.1, 0.15) is 12.5 Å². The van der Waals surface area contributed by atoms with Crippen LogP contribution in [-0.4, -0.2) is 17.6 Å². The monoisotopic (exact) mass is 276 g/mol. The average Bonchev–Trinajstić information content (AvgIpc) is 2.66. The molecule has 0 amide bonds. The van der Waals surface area contributed by atoms with Crippen LogP contribution < -0.4 is 0 Å². The smallest absolute Gasteiger partial charge is 0.129 e. The van der Waals surface area contributed by atoms with Crippen LogP contribution in [0, 0.1) is 11.5 Å². The molecule has 18 heavy (non-hydrogen) atoms. The van der Waals surface area contributed by atoms with Crippen molar-refractivity contribution in [1.29, 1.82) is 0 Å². The van der Waals surface area contributed by atoms with Crippen molar-refractivity contribution >= 4 is 30.7 Å². The minimum absolute atomic E-state index is 0.712. The van der Waals surface area contributed by atoms with E-state index in [-0.39, 0.29) is 0 Å². The van der Waals surface area contributed by atoms with Crippen LogP contribution in [0.3, 0.4) is 0 Å². The molecule has 0 radical (unpaired) electrons. The molecule has 1 heterocycles. The zero-order chi connectivity index (χ0) is 13.3. The SMILES string of the molecule is CCn1cnc2cc(C#C[Si](C)(C)C)c(Cl)cc21. The molecular weight excluding hydrogens is 260 g/mol. The van der Waals surface area contributed by atoms with Crippen LogP contribution in [0.25, 0.3) is 11.0 Å². The number of halogens is 1. The Morgan fingerprint density at radius 2 is 2.06 bits per heavy atom. The molecule has 94 valence electrons. The maximum absolute atomic E-state index is 6.29. The third-order valence-corrected chi connectivity index (χ3v) is 3.81.